The van der Waals surface area contributed by atoms with Gasteiger partial charge in [-0.15, -0.1) is 13.2 Å². The van der Waals surface area contributed by atoms with Gasteiger partial charge in [-0.2, -0.15) is 0 Å². The van der Waals surface area contributed by atoms with Crippen LogP contribution < -0.4 is 15.4 Å². The van der Waals surface area contributed by atoms with E-state index in [0.717, 1.165) is 18.7 Å². The van der Waals surface area contributed by atoms with Gasteiger partial charge in [0.25, 0.3) is 0 Å². The van der Waals surface area contributed by atoms with E-state index in [1.807, 2.05) is 6.92 Å². The highest BCUT2D eigenvalue weighted by Gasteiger charge is 2.31. The number of alkyl halides is 3. The molecule has 148 valence electrons. The summed E-state index contributed by atoms with van der Waals surface area (Å²) in [5.74, 6) is 0.307. The molecule has 0 spiro atoms. The summed E-state index contributed by atoms with van der Waals surface area (Å²) >= 11 is 0. The van der Waals surface area contributed by atoms with Crippen molar-refractivity contribution in [3.8, 4) is 5.75 Å². The second-order valence-corrected chi connectivity index (χ2v) is 6.44. The molecule has 2 heterocycles. The maximum Gasteiger partial charge on any atom is 0.573 e. The number of halogens is 3. The molecule has 8 heteroatoms. The molecule has 28 heavy (non-hydrogen) atoms. The Morgan fingerprint density at radius 3 is 2.71 bits per heavy atom. The van der Waals surface area contributed by atoms with Crippen LogP contribution in [0.5, 0.6) is 5.75 Å². The molecule has 1 aromatic heterocycles. The van der Waals surface area contributed by atoms with Crippen LogP contribution in [0.2, 0.25) is 0 Å². The molecule has 0 aliphatic carbocycles. The molecule has 0 amide bonds. The molecule has 1 aromatic carbocycles. The van der Waals surface area contributed by atoms with Crippen LogP contribution in [0.15, 0.2) is 37.0 Å². The van der Waals surface area contributed by atoms with E-state index in [1.165, 1.54) is 18.2 Å². The van der Waals surface area contributed by atoms with Gasteiger partial charge < -0.3 is 20.8 Å². The molecule has 0 unspecified atom stereocenters. The van der Waals surface area contributed by atoms with Crippen molar-refractivity contribution >= 4 is 23.3 Å². The van der Waals surface area contributed by atoms with Crippen LogP contribution in [-0.2, 0) is 6.42 Å². The number of anilines is 2. The maximum absolute atomic E-state index is 12.5. The zero-order valence-electron chi connectivity index (χ0n) is 15.4. The maximum atomic E-state index is 12.5. The minimum atomic E-state index is -4.74. The van der Waals surface area contributed by atoms with Crippen LogP contribution >= 0.6 is 0 Å². The monoisotopic (exact) mass is 390 g/mol. The molecule has 1 aliphatic heterocycles. The summed E-state index contributed by atoms with van der Waals surface area (Å²) in [6.45, 7) is 7.11. The summed E-state index contributed by atoms with van der Waals surface area (Å²) in [5.41, 5.74) is 3.16. The second-order valence-electron chi connectivity index (χ2n) is 6.44. The molecule has 1 fully saturated rings. The molecule has 5 nitrogen and oxygen atoms in total. The van der Waals surface area contributed by atoms with Crippen molar-refractivity contribution in [2.24, 2.45) is 5.92 Å². The fourth-order valence-corrected chi connectivity index (χ4v) is 3.03. The van der Waals surface area contributed by atoms with Crippen LogP contribution in [0.1, 0.15) is 23.6 Å². The lowest BCUT2D eigenvalue weighted by molar-refractivity contribution is -0.274. The van der Waals surface area contributed by atoms with Crippen molar-refractivity contribution in [2.75, 3.05) is 18.4 Å². The summed E-state index contributed by atoms with van der Waals surface area (Å²) in [6.07, 6.45) is -0.956. The van der Waals surface area contributed by atoms with Gasteiger partial charge in [0.15, 0.2) is 0 Å². The van der Waals surface area contributed by atoms with E-state index < -0.39 is 6.36 Å². The molecular weight excluding hydrogens is 369 g/mol. The highest BCUT2D eigenvalue weighted by atomic mass is 19.4. The van der Waals surface area contributed by atoms with Crippen LogP contribution in [0.4, 0.5) is 24.7 Å². The largest absolute Gasteiger partial charge is 0.573 e. The summed E-state index contributed by atoms with van der Waals surface area (Å²) in [7, 11) is 0. The first-order valence-electron chi connectivity index (χ1n) is 8.89. The molecular formula is C20H21F3N4O. The third-order valence-corrected chi connectivity index (χ3v) is 4.61. The van der Waals surface area contributed by atoms with Crippen molar-refractivity contribution in [2.45, 2.75) is 19.7 Å². The molecule has 1 saturated heterocycles. The predicted octanol–water partition coefficient (Wildman–Crippen LogP) is 4.52. The fraction of sp³-hybridized carbons (Fsp3) is 0.300. The standard InChI is InChI=1S/C20H21F3N4O/c1-3-12-7-8-26-19(17(12)18(24)14-10-25-11-14)27-16-6-5-15(9-13(16)4-2)28-20(21,22)23/h3,5-9,14,24-25H,1,4,10-11H2,2H3,(H,26,27). The van der Waals surface area contributed by atoms with E-state index in [1.54, 1.807) is 18.3 Å². The Morgan fingerprint density at radius 1 is 1.39 bits per heavy atom. The number of aryl methyl sites for hydroxylation is 1. The highest BCUT2D eigenvalue weighted by Crippen LogP contribution is 2.31. The Balaban J connectivity index is 1.95. The van der Waals surface area contributed by atoms with Gasteiger partial charge in [0.2, 0.25) is 0 Å². The smallest absolute Gasteiger partial charge is 0.406 e. The minimum absolute atomic E-state index is 0.0941. The minimum Gasteiger partial charge on any atom is -0.406 e. The van der Waals surface area contributed by atoms with Gasteiger partial charge in [0, 0.05) is 42.2 Å². The molecule has 3 rings (SSSR count). The number of benzene rings is 1. The van der Waals surface area contributed by atoms with Crippen molar-refractivity contribution in [1.29, 1.82) is 5.41 Å². The van der Waals surface area contributed by atoms with E-state index >= 15 is 0 Å². The van der Waals surface area contributed by atoms with Gasteiger partial charge in [-0.1, -0.05) is 19.6 Å². The van der Waals surface area contributed by atoms with Crippen molar-refractivity contribution in [3.05, 3.63) is 53.7 Å². The second kappa shape index (κ2) is 8.02. The molecule has 1 aliphatic rings. The summed E-state index contributed by atoms with van der Waals surface area (Å²) in [6, 6.07) is 5.93. The lowest BCUT2D eigenvalue weighted by atomic mass is 9.89. The first-order chi connectivity index (χ1) is 13.3. The van der Waals surface area contributed by atoms with Crippen LogP contribution in [0, 0.1) is 11.3 Å². The lowest BCUT2D eigenvalue weighted by Gasteiger charge is -2.29. The molecule has 0 radical (unpaired) electrons. The van der Waals surface area contributed by atoms with E-state index in [2.05, 4.69) is 26.9 Å². The third-order valence-electron chi connectivity index (χ3n) is 4.61. The Kier molecular flexibility index (Phi) is 5.69. The Labute approximate surface area is 161 Å². The van der Waals surface area contributed by atoms with Gasteiger partial charge >= 0.3 is 6.36 Å². The molecule has 3 N–H and O–H groups in total. The number of hydrogen-bond acceptors (Lipinski definition) is 5. The van der Waals surface area contributed by atoms with Crippen molar-refractivity contribution < 1.29 is 17.9 Å². The molecule has 2 aromatic rings. The van der Waals surface area contributed by atoms with Gasteiger partial charge in [-0.25, -0.2) is 4.98 Å². The molecule has 0 saturated carbocycles. The summed E-state index contributed by atoms with van der Waals surface area (Å²) in [5, 5.41) is 14.9. The molecule has 0 atom stereocenters. The first kappa shape index (κ1) is 19.9. The number of hydrogen-bond donors (Lipinski definition) is 3. The predicted molar refractivity (Wildman–Crippen MR) is 103 cm³/mol. The number of nitrogens with one attached hydrogen (secondary N) is 3. The fourth-order valence-electron chi connectivity index (χ4n) is 3.03. The number of pyridine rings is 1. The van der Waals surface area contributed by atoms with Crippen LogP contribution in [-0.4, -0.2) is 30.1 Å². The first-order valence-corrected chi connectivity index (χ1v) is 8.89. The Hall–Kier alpha value is -2.87. The quantitative estimate of drug-likeness (QED) is 0.608. The van der Waals surface area contributed by atoms with Gasteiger partial charge in [0.05, 0.1) is 0 Å². The van der Waals surface area contributed by atoms with Crippen molar-refractivity contribution in [1.82, 2.24) is 10.3 Å². The Morgan fingerprint density at radius 2 is 2.14 bits per heavy atom. The summed E-state index contributed by atoms with van der Waals surface area (Å²) < 4.78 is 41.4. The number of ether oxygens (including phenoxy) is 1. The van der Waals surface area contributed by atoms with E-state index in [4.69, 9.17) is 5.41 Å². The zero-order valence-corrected chi connectivity index (χ0v) is 15.4. The van der Waals surface area contributed by atoms with Crippen LogP contribution in [0.25, 0.3) is 6.08 Å². The lowest BCUT2D eigenvalue weighted by Crippen LogP contribution is -2.46. The van der Waals surface area contributed by atoms with E-state index in [-0.39, 0.29) is 11.7 Å². The number of aromatic nitrogens is 1. The highest BCUT2D eigenvalue weighted by molar-refractivity contribution is 6.07. The topological polar surface area (TPSA) is 70.0 Å². The van der Waals surface area contributed by atoms with Crippen molar-refractivity contribution in [3.63, 3.8) is 0 Å². The van der Waals surface area contributed by atoms with E-state index in [9.17, 15) is 13.2 Å². The van der Waals surface area contributed by atoms with Gasteiger partial charge in [0.1, 0.15) is 11.6 Å². The zero-order chi connectivity index (χ0) is 20.3. The SMILES string of the molecule is C=Cc1ccnc(Nc2ccc(OC(F)(F)F)cc2CC)c1C(=N)C1CNC1. The average molecular weight is 390 g/mol. The van der Waals surface area contributed by atoms with Crippen LogP contribution in [0.3, 0.4) is 0 Å². The van der Waals surface area contributed by atoms with Gasteiger partial charge in [-0.3, -0.25) is 0 Å². The third kappa shape index (κ3) is 4.33. The average Bonchev–Trinajstić information content (AvgIpc) is 2.59. The Bertz CT molecular complexity index is 892. The number of rotatable bonds is 7. The normalized spacial score (nSPS) is 14.3. The summed E-state index contributed by atoms with van der Waals surface area (Å²) in [4.78, 5) is 4.37. The number of nitrogens with zero attached hydrogens (tertiary/aromatic N) is 1. The molecule has 0 bridgehead atoms. The van der Waals surface area contributed by atoms with E-state index in [0.29, 0.717) is 34.8 Å². The van der Waals surface area contributed by atoms with Gasteiger partial charge in [-0.05, 0) is 41.8 Å².